The highest BCUT2D eigenvalue weighted by Crippen LogP contribution is 2.56. The van der Waals surface area contributed by atoms with Crippen molar-refractivity contribution in [2.45, 2.75) is 121 Å². The van der Waals surface area contributed by atoms with E-state index in [-0.39, 0.29) is 43.7 Å². The Kier molecular flexibility index (Phi) is 10.1. The molecule has 13 atom stereocenters. The summed E-state index contributed by atoms with van der Waals surface area (Å²) >= 11 is 0. The van der Waals surface area contributed by atoms with Crippen molar-refractivity contribution in [3.05, 3.63) is 22.8 Å². The van der Waals surface area contributed by atoms with Gasteiger partial charge in [0.15, 0.2) is 6.29 Å². The van der Waals surface area contributed by atoms with E-state index >= 15 is 0 Å². The van der Waals surface area contributed by atoms with Gasteiger partial charge < -0.3 is 54.0 Å². The Morgan fingerprint density at radius 1 is 1.09 bits per heavy atom. The van der Waals surface area contributed by atoms with E-state index in [0.29, 0.717) is 19.4 Å². The number of hydrogen-bond acceptors (Lipinski definition) is 11. The summed E-state index contributed by atoms with van der Waals surface area (Å²) < 4.78 is 35.4. The van der Waals surface area contributed by atoms with E-state index < -0.39 is 59.5 Å². The van der Waals surface area contributed by atoms with Crippen molar-refractivity contribution in [3.63, 3.8) is 0 Å². The normalized spacial score (nSPS) is 45.4. The fourth-order valence-corrected chi connectivity index (χ4v) is 8.22. The lowest BCUT2D eigenvalue weighted by Gasteiger charge is -2.48. The topological polar surface area (TPSA) is 160 Å². The van der Waals surface area contributed by atoms with Gasteiger partial charge in [-0.2, -0.15) is 0 Å². The average Bonchev–Trinajstić information content (AvgIpc) is 3.72. The molecule has 5 aliphatic rings. The number of hydrogen-bond donors (Lipinski definition) is 5. The molecule has 0 aromatic heterocycles. The molecule has 3 fully saturated rings. The van der Waals surface area contributed by atoms with Gasteiger partial charge in [-0.15, -0.1) is 0 Å². The Bertz CT molecular complexity index is 1090. The molecular formula is C33H54O11. The van der Waals surface area contributed by atoms with E-state index in [1.54, 1.807) is 14.0 Å². The van der Waals surface area contributed by atoms with E-state index in [9.17, 15) is 25.5 Å². The zero-order valence-corrected chi connectivity index (χ0v) is 27.3. The van der Waals surface area contributed by atoms with Crippen molar-refractivity contribution < 1.29 is 54.0 Å². The van der Waals surface area contributed by atoms with Crippen LogP contribution >= 0.6 is 0 Å². The molecule has 0 radical (unpaired) electrons. The fraction of sp³-hybridized carbons (Fsp3) is 0.879. The molecule has 2 aliphatic heterocycles. The molecule has 0 bridgehead atoms. The molecule has 5 rings (SSSR count). The van der Waals surface area contributed by atoms with Crippen LogP contribution in [0, 0.1) is 23.2 Å². The van der Waals surface area contributed by atoms with Crippen LogP contribution in [0.25, 0.3) is 0 Å². The van der Waals surface area contributed by atoms with Crippen LogP contribution in [-0.2, 0) is 28.4 Å². The lowest BCUT2D eigenvalue weighted by molar-refractivity contribution is -0.334. The summed E-state index contributed by atoms with van der Waals surface area (Å²) in [6.45, 7) is 10.4. The van der Waals surface area contributed by atoms with Gasteiger partial charge in [0.2, 0.25) is 0 Å². The summed E-state index contributed by atoms with van der Waals surface area (Å²) in [5.41, 5.74) is 0.322. The molecule has 0 spiro atoms. The third kappa shape index (κ3) is 6.08. The largest absolute Gasteiger partial charge is 0.393 e. The van der Waals surface area contributed by atoms with Crippen molar-refractivity contribution in [2.75, 3.05) is 40.6 Å². The molecular weight excluding hydrogens is 572 g/mol. The van der Waals surface area contributed by atoms with E-state index in [2.05, 4.69) is 26.8 Å². The van der Waals surface area contributed by atoms with Crippen molar-refractivity contribution in [2.24, 2.45) is 23.2 Å². The Morgan fingerprint density at radius 2 is 1.80 bits per heavy atom. The van der Waals surface area contributed by atoms with Crippen molar-refractivity contribution in [1.82, 2.24) is 0 Å². The summed E-state index contributed by atoms with van der Waals surface area (Å²) in [6, 6.07) is 0. The molecule has 0 unspecified atom stereocenters. The second kappa shape index (κ2) is 12.9. The Hall–Kier alpha value is -0.960. The molecule has 11 heteroatoms. The first-order chi connectivity index (χ1) is 20.7. The van der Waals surface area contributed by atoms with Crippen molar-refractivity contribution >= 4 is 0 Å². The maximum atomic E-state index is 12.1. The van der Waals surface area contributed by atoms with Gasteiger partial charge in [-0.05, 0) is 61.5 Å². The molecule has 44 heavy (non-hydrogen) atoms. The van der Waals surface area contributed by atoms with E-state index in [1.165, 1.54) is 12.7 Å². The SMILES string of the molecule is COC[C@H]1O[C@@H](O[C@@H]2C3=C(C(C)C)CC[C@]3(C)C=C3[C@@H](CC[C@]3(O)COC)[C@@H](C)[C@H]2O)[C@@H](O)[C@H](O)[C@@H]1O[C@](C)(CO)[C@@H]1CO1. The highest BCUT2D eigenvalue weighted by Gasteiger charge is 2.56. The van der Waals surface area contributed by atoms with E-state index in [4.69, 9.17) is 28.4 Å². The summed E-state index contributed by atoms with van der Waals surface area (Å²) in [4.78, 5) is 0. The fourth-order valence-electron chi connectivity index (χ4n) is 8.22. The summed E-state index contributed by atoms with van der Waals surface area (Å²) in [6.07, 6.45) is -3.21. The van der Waals surface area contributed by atoms with Gasteiger partial charge in [-0.3, -0.25) is 0 Å². The predicted molar refractivity (Wildman–Crippen MR) is 160 cm³/mol. The number of fused-ring (bicyclic) bond motifs is 2. The van der Waals surface area contributed by atoms with Crippen LogP contribution in [0.15, 0.2) is 22.8 Å². The summed E-state index contributed by atoms with van der Waals surface area (Å²) in [5.74, 6) is -0.193. The van der Waals surface area contributed by atoms with E-state index in [1.807, 2.05) is 6.92 Å². The monoisotopic (exact) mass is 626 g/mol. The van der Waals surface area contributed by atoms with Crippen LogP contribution in [0.5, 0.6) is 0 Å². The maximum Gasteiger partial charge on any atom is 0.187 e. The van der Waals surface area contributed by atoms with Crippen molar-refractivity contribution in [1.29, 1.82) is 0 Å². The number of aliphatic hydroxyl groups is 5. The smallest absolute Gasteiger partial charge is 0.187 e. The number of methoxy groups -OCH3 is 2. The molecule has 0 aromatic carbocycles. The lowest BCUT2D eigenvalue weighted by atomic mass is 9.68. The number of epoxide rings is 1. The number of aliphatic hydroxyl groups excluding tert-OH is 4. The van der Waals surface area contributed by atoms with Crippen LogP contribution in [0.2, 0.25) is 0 Å². The molecule has 1 saturated carbocycles. The summed E-state index contributed by atoms with van der Waals surface area (Å²) in [5, 5.41) is 56.7. The van der Waals surface area contributed by atoms with Crippen molar-refractivity contribution in [3.8, 4) is 0 Å². The first-order valence-electron chi connectivity index (χ1n) is 16.2. The summed E-state index contributed by atoms with van der Waals surface area (Å²) in [7, 11) is 3.10. The van der Waals surface area contributed by atoms with Crippen LogP contribution < -0.4 is 0 Å². The van der Waals surface area contributed by atoms with Gasteiger partial charge >= 0.3 is 0 Å². The highest BCUT2D eigenvalue weighted by atomic mass is 16.7. The molecule has 5 N–H and O–H groups in total. The zero-order valence-electron chi connectivity index (χ0n) is 27.3. The van der Waals surface area contributed by atoms with E-state index in [0.717, 1.165) is 24.0 Å². The minimum atomic E-state index is -1.51. The van der Waals surface area contributed by atoms with Gasteiger partial charge in [0.1, 0.15) is 47.8 Å². The van der Waals surface area contributed by atoms with Gasteiger partial charge in [-0.1, -0.05) is 39.3 Å². The Balaban J connectivity index is 1.50. The number of allylic oxidation sites excluding steroid dienone is 2. The van der Waals surface area contributed by atoms with Crippen LogP contribution in [0.3, 0.4) is 0 Å². The molecule has 0 aromatic rings. The Labute approximate surface area is 261 Å². The lowest BCUT2D eigenvalue weighted by Crippen LogP contribution is -2.63. The second-order valence-corrected chi connectivity index (χ2v) is 14.5. The van der Waals surface area contributed by atoms with Crippen LogP contribution in [-0.4, -0.2) is 126 Å². The van der Waals surface area contributed by atoms with Gasteiger partial charge in [0.25, 0.3) is 0 Å². The number of rotatable bonds is 11. The minimum absolute atomic E-state index is 0.0366. The van der Waals surface area contributed by atoms with Gasteiger partial charge in [0, 0.05) is 19.6 Å². The number of ether oxygens (including phenoxy) is 6. The minimum Gasteiger partial charge on any atom is -0.393 e. The maximum absolute atomic E-state index is 12.1. The highest BCUT2D eigenvalue weighted by molar-refractivity contribution is 5.42. The molecule has 252 valence electrons. The molecule has 2 heterocycles. The molecule has 3 aliphatic carbocycles. The van der Waals surface area contributed by atoms with Gasteiger partial charge in [0.05, 0.1) is 32.5 Å². The van der Waals surface area contributed by atoms with Crippen LogP contribution in [0.1, 0.15) is 60.3 Å². The Morgan fingerprint density at radius 3 is 2.39 bits per heavy atom. The first-order valence-corrected chi connectivity index (χ1v) is 16.2. The van der Waals surface area contributed by atoms with Gasteiger partial charge in [-0.25, -0.2) is 0 Å². The standard InChI is InChI=1S/C33H54O11/c1-17(2)19-8-10-31(4)12-21-20(9-11-33(21,38)16-40-7)18(3)25(35)29(24(19)31)43-30-27(37)26(36)28(22(42-30)13-39-6)44-32(5,15-34)23-14-41-23/h12,17-18,20,22-23,25-30,34-38H,8-11,13-16H2,1-7H3/t18-,20+,22-,23+,25-,26+,27+,28-,29-,30+,31-,32-,33+/m1/s1. The third-order valence-electron chi connectivity index (χ3n) is 11.0. The quantitative estimate of drug-likeness (QED) is 0.167. The third-order valence-corrected chi connectivity index (χ3v) is 11.0. The molecule has 0 amide bonds. The zero-order chi connectivity index (χ0) is 32.2. The second-order valence-electron chi connectivity index (χ2n) is 14.5. The predicted octanol–water partition coefficient (Wildman–Crippen LogP) is 1.48. The molecule has 2 saturated heterocycles. The average molecular weight is 627 g/mol. The molecule has 11 nitrogen and oxygen atoms in total. The van der Waals surface area contributed by atoms with Crippen LogP contribution in [0.4, 0.5) is 0 Å². The first kappa shape index (κ1) is 34.4.